The molecule has 1 radical (unpaired) electrons. The summed E-state index contributed by atoms with van der Waals surface area (Å²) in [5.41, 5.74) is 1.29. The Labute approximate surface area is 77.1 Å². The van der Waals surface area contributed by atoms with Gasteiger partial charge in [0.1, 0.15) is 0 Å². The van der Waals surface area contributed by atoms with Crippen molar-refractivity contribution < 1.29 is 20.1 Å². The maximum Gasteiger partial charge on any atom is 0.490 e. The second-order valence-electron chi connectivity index (χ2n) is 2.22. The first-order valence-corrected chi connectivity index (χ1v) is 3.50. The van der Waals surface area contributed by atoms with Crippen LogP contribution >= 0.6 is 0 Å². The van der Waals surface area contributed by atoms with Gasteiger partial charge in [-0.15, -0.1) is 0 Å². The minimum Gasteiger partial charge on any atom is -0.429 e. The normalized spacial score (nSPS) is 8.38. The van der Waals surface area contributed by atoms with Crippen LogP contribution < -0.4 is 5.46 Å². The van der Waals surface area contributed by atoms with E-state index in [-0.39, 0.29) is 7.69 Å². The van der Waals surface area contributed by atoms with Crippen LogP contribution in [0.25, 0.3) is 0 Å². The molecule has 1 rings (SSSR count). The van der Waals surface area contributed by atoms with E-state index < -0.39 is 7.12 Å². The molecule has 69 valence electrons. The molecule has 0 aromatic carbocycles. The quantitative estimate of drug-likeness (QED) is 0.362. The van der Waals surface area contributed by atoms with E-state index in [1.54, 1.807) is 12.1 Å². The predicted molar refractivity (Wildman–Crippen MR) is 49.0 cm³/mol. The molecule has 5 nitrogen and oxygen atoms in total. The smallest absolute Gasteiger partial charge is 0.429 e. The van der Waals surface area contributed by atoms with Gasteiger partial charge in [-0.2, -0.15) is 0 Å². The van der Waals surface area contributed by atoms with Crippen molar-refractivity contribution in [1.29, 1.82) is 0 Å². The molecule has 0 bridgehead atoms. The molecule has 7 heteroatoms. The van der Waals surface area contributed by atoms with Crippen LogP contribution in [0.4, 0.5) is 0 Å². The van der Waals surface area contributed by atoms with Gasteiger partial charge in [0.2, 0.25) is 0 Å². The predicted octanol–water partition coefficient (Wildman–Crippen LogP) is -2.42. The van der Waals surface area contributed by atoms with Gasteiger partial charge in [-0.25, -0.2) is 0 Å². The molecule has 0 saturated heterocycles. The molecule has 0 spiro atoms. The Kier molecular flexibility index (Phi) is 6.17. The number of hydrogen-bond donors (Lipinski definition) is 4. The fourth-order valence-corrected chi connectivity index (χ4v) is 0.632. The van der Waals surface area contributed by atoms with Crippen LogP contribution in [0.15, 0.2) is 18.3 Å². The molecule has 0 aliphatic heterocycles. The summed E-state index contributed by atoms with van der Waals surface area (Å²) in [4.78, 5) is 3.88. The molecule has 4 N–H and O–H groups in total. The first-order valence-electron chi connectivity index (χ1n) is 3.50. The first-order chi connectivity index (χ1) is 6.11. The Morgan fingerprint density at radius 1 is 1.31 bits per heavy atom. The Balaban J connectivity index is 0.000000424. The minimum absolute atomic E-state index is 0. The van der Waals surface area contributed by atoms with Crippen LogP contribution in [0.2, 0.25) is 0 Å². The summed E-state index contributed by atoms with van der Waals surface area (Å²) in [6, 6.07) is 3.36. The van der Waals surface area contributed by atoms with Crippen molar-refractivity contribution in [3.8, 4) is 0 Å². The molecule has 1 aromatic rings. The lowest BCUT2D eigenvalue weighted by Gasteiger charge is -1.96. The highest BCUT2D eigenvalue weighted by Gasteiger charge is 2.09. The summed E-state index contributed by atoms with van der Waals surface area (Å²) >= 11 is 0. The van der Waals surface area contributed by atoms with E-state index in [2.05, 4.69) is 4.98 Å². The SMILES string of the molecule is Cc1ccc(B(O)O)cn1.O[B]O. The molecule has 1 aromatic heterocycles. The summed E-state index contributed by atoms with van der Waals surface area (Å²) < 4.78 is 0. The van der Waals surface area contributed by atoms with E-state index in [0.29, 0.717) is 5.46 Å². The fraction of sp³-hybridized carbons (Fsp3) is 0.167. The number of aryl methyl sites for hydroxylation is 1. The molecule has 0 amide bonds. The third-order valence-electron chi connectivity index (χ3n) is 1.23. The van der Waals surface area contributed by atoms with Crippen molar-refractivity contribution in [2.45, 2.75) is 6.92 Å². The summed E-state index contributed by atoms with van der Waals surface area (Å²) in [7, 11) is -1.41. The first kappa shape index (κ1) is 12.1. The van der Waals surface area contributed by atoms with Gasteiger partial charge >= 0.3 is 14.8 Å². The second kappa shape index (κ2) is 6.62. The number of hydrogen-bond acceptors (Lipinski definition) is 5. The van der Waals surface area contributed by atoms with Gasteiger partial charge in [-0.3, -0.25) is 4.98 Å². The molecule has 0 aliphatic carbocycles. The molecule has 13 heavy (non-hydrogen) atoms. The largest absolute Gasteiger partial charge is 0.490 e. The average Bonchev–Trinajstić information content (AvgIpc) is 2.06. The van der Waals surface area contributed by atoms with Crippen molar-refractivity contribution >= 4 is 20.3 Å². The minimum atomic E-state index is -1.41. The van der Waals surface area contributed by atoms with Crippen molar-refractivity contribution in [1.82, 2.24) is 4.98 Å². The van der Waals surface area contributed by atoms with E-state index in [1.165, 1.54) is 6.20 Å². The van der Waals surface area contributed by atoms with Crippen LogP contribution in [0.3, 0.4) is 0 Å². The fourth-order valence-electron chi connectivity index (χ4n) is 0.632. The Bertz CT molecular complexity index is 229. The Morgan fingerprint density at radius 3 is 2.15 bits per heavy atom. The zero-order valence-electron chi connectivity index (χ0n) is 7.12. The molecule has 1 heterocycles. The number of rotatable bonds is 1. The van der Waals surface area contributed by atoms with Crippen LogP contribution in [-0.2, 0) is 0 Å². The average molecular weight is 182 g/mol. The van der Waals surface area contributed by atoms with Crippen molar-refractivity contribution in [3.05, 3.63) is 24.0 Å². The third-order valence-corrected chi connectivity index (χ3v) is 1.23. The van der Waals surface area contributed by atoms with E-state index in [9.17, 15) is 0 Å². The molecule has 0 unspecified atom stereocenters. The standard InChI is InChI=1S/C6H8BNO2.BH2O2/c1-5-2-3-6(4-8-5)7(9)10;2-1-3/h2-4,9-10H,1H3;2-3H. The molecule has 0 atom stereocenters. The molecule has 0 saturated carbocycles. The molecule has 0 aliphatic rings. The summed E-state index contributed by atoms with van der Waals surface area (Å²) in [5.74, 6) is 0. The van der Waals surface area contributed by atoms with Gasteiger partial charge in [0.25, 0.3) is 0 Å². The zero-order chi connectivity index (χ0) is 10.3. The van der Waals surface area contributed by atoms with Gasteiger partial charge < -0.3 is 20.1 Å². The van der Waals surface area contributed by atoms with Crippen LogP contribution in [0.5, 0.6) is 0 Å². The van der Waals surface area contributed by atoms with Crippen LogP contribution in [0, 0.1) is 6.92 Å². The van der Waals surface area contributed by atoms with Crippen molar-refractivity contribution in [3.63, 3.8) is 0 Å². The number of aromatic nitrogens is 1. The lowest BCUT2D eigenvalue weighted by atomic mass is 9.82. The monoisotopic (exact) mass is 182 g/mol. The van der Waals surface area contributed by atoms with Crippen LogP contribution in [-0.4, -0.2) is 39.9 Å². The highest BCUT2D eigenvalue weighted by molar-refractivity contribution is 6.58. The van der Waals surface area contributed by atoms with E-state index in [0.717, 1.165) is 5.69 Å². The van der Waals surface area contributed by atoms with E-state index >= 15 is 0 Å². The highest BCUT2D eigenvalue weighted by atomic mass is 16.4. The van der Waals surface area contributed by atoms with Gasteiger partial charge in [-0.1, -0.05) is 6.07 Å². The van der Waals surface area contributed by atoms with E-state index in [4.69, 9.17) is 20.1 Å². The maximum atomic E-state index is 8.63. The summed E-state index contributed by atoms with van der Waals surface area (Å²) in [5, 5.41) is 31.3. The topological polar surface area (TPSA) is 93.8 Å². The number of pyridine rings is 1. The Hall–Kier alpha value is -0.880. The van der Waals surface area contributed by atoms with Gasteiger partial charge in [0.15, 0.2) is 0 Å². The van der Waals surface area contributed by atoms with Crippen LogP contribution in [0.1, 0.15) is 5.69 Å². The lowest BCUT2D eigenvalue weighted by molar-refractivity contribution is 0.425. The summed E-state index contributed by atoms with van der Waals surface area (Å²) in [6.45, 7) is 1.84. The van der Waals surface area contributed by atoms with Crippen molar-refractivity contribution in [2.24, 2.45) is 0 Å². The highest BCUT2D eigenvalue weighted by Crippen LogP contribution is 1.86. The zero-order valence-corrected chi connectivity index (χ0v) is 7.12. The van der Waals surface area contributed by atoms with Gasteiger partial charge in [0.05, 0.1) is 0 Å². The second-order valence-corrected chi connectivity index (χ2v) is 2.22. The van der Waals surface area contributed by atoms with Crippen molar-refractivity contribution in [2.75, 3.05) is 0 Å². The number of nitrogens with zero attached hydrogens (tertiary/aromatic N) is 1. The maximum absolute atomic E-state index is 8.63. The van der Waals surface area contributed by atoms with Gasteiger partial charge in [-0.05, 0) is 13.0 Å². The Morgan fingerprint density at radius 2 is 1.85 bits per heavy atom. The summed E-state index contributed by atoms with van der Waals surface area (Å²) in [6.07, 6.45) is 1.44. The van der Waals surface area contributed by atoms with Gasteiger partial charge in [0, 0.05) is 17.4 Å². The molecular formula is C6H10B2NO4. The molecular weight excluding hydrogens is 172 g/mol. The van der Waals surface area contributed by atoms with E-state index in [1.807, 2.05) is 6.92 Å². The lowest BCUT2D eigenvalue weighted by Crippen LogP contribution is -2.29. The third kappa shape index (κ3) is 5.37. The molecule has 0 fully saturated rings.